The lowest BCUT2D eigenvalue weighted by Crippen LogP contribution is -2.01. The molecule has 0 radical (unpaired) electrons. The van der Waals surface area contributed by atoms with Gasteiger partial charge in [-0.25, -0.2) is 0 Å². The van der Waals surface area contributed by atoms with Crippen LogP contribution in [0.25, 0.3) is 21.9 Å². The van der Waals surface area contributed by atoms with E-state index >= 15 is 0 Å². The summed E-state index contributed by atoms with van der Waals surface area (Å²) >= 11 is 0. The fraction of sp³-hybridized carbons (Fsp3) is 0.0714. The van der Waals surface area contributed by atoms with Crippen molar-refractivity contribution in [3.8, 4) is 0 Å². The van der Waals surface area contributed by atoms with Gasteiger partial charge in [0.15, 0.2) is 5.43 Å². The second kappa shape index (κ2) is 3.20. The molecule has 0 aliphatic heterocycles. The highest BCUT2D eigenvalue weighted by Gasteiger charge is 2.09. The first-order chi connectivity index (χ1) is 7.77. The Bertz CT molecular complexity index is 738. The fourth-order valence-electron chi connectivity index (χ4n) is 1.97. The van der Waals surface area contributed by atoms with Crippen LogP contribution in [0.4, 0.5) is 0 Å². The summed E-state index contributed by atoms with van der Waals surface area (Å²) in [5.74, 6) is 0. The molecule has 78 valence electrons. The van der Waals surface area contributed by atoms with E-state index in [4.69, 9.17) is 4.42 Å². The topological polar surface area (TPSA) is 30.2 Å². The van der Waals surface area contributed by atoms with E-state index in [-0.39, 0.29) is 5.43 Å². The van der Waals surface area contributed by atoms with Crippen molar-refractivity contribution in [2.45, 2.75) is 6.92 Å². The van der Waals surface area contributed by atoms with E-state index in [1.54, 1.807) is 13.0 Å². The molecule has 0 spiro atoms. The lowest BCUT2D eigenvalue weighted by atomic mass is 10.1. The molecule has 0 fully saturated rings. The molecule has 0 saturated heterocycles. The van der Waals surface area contributed by atoms with E-state index in [1.165, 1.54) is 0 Å². The molecule has 0 N–H and O–H groups in total. The quantitative estimate of drug-likeness (QED) is 0.570. The number of aryl methyl sites for hydroxylation is 1. The van der Waals surface area contributed by atoms with E-state index in [0.29, 0.717) is 11.1 Å². The fourth-order valence-corrected chi connectivity index (χ4v) is 1.97. The summed E-state index contributed by atoms with van der Waals surface area (Å²) in [6.07, 6.45) is 0. The lowest BCUT2D eigenvalue weighted by molar-refractivity contribution is 0.665. The molecule has 1 aromatic heterocycles. The Kier molecular flexibility index (Phi) is 1.83. The van der Waals surface area contributed by atoms with Crippen molar-refractivity contribution >= 4 is 21.9 Å². The van der Waals surface area contributed by atoms with Crippen molar-refractivity contribution in [2.24, 2.45) is 0 Å². The molecular weight excluding hydrogens is 200 g/mol. The van der Waals surface area contributed by atoms with Gasteiger partial charge in [-0.2, -0.15) is 0 Å². The van der Waals surface area contributed by atoms with Crippen molar-refractivity contribution in [1.82, 2.24) is 0 Å². The molecule has 16 heavy (non-hydrogen) atoms. The van der Waals surface area contributed by atoms with Gasteiger partial charge < -0.3 is 4.42 Å². The molecule has 2 heteroatoms. The molecule has 0 atom stereocenters. The lowest BCUT2D eigenvalue weighted by Gasteiger charge is -1.90. The zero-order valence-electron chi connectivity index (χ0n) is 8.86. The maximum atomic E-state index is 11.5. The monoisotopic (exact) mass is 210 g/mol. The minimum Gasteiger partial charge on any atom is -0.456 e. The van der Waals surface area contributed by atoms with Gasteiger partial charge in [-0.3, -0.25) is 4.79 Å². The van der Waals surface area contributed by atoms with Crippen LogP contribution in [0.15, 0.2) is 51.7 Å². The molecule has 0 unspecified atom stereocenters. The zero-order chi connectivity index (χ0) is 11.1. The van der Waals surface area contributed by atoms with Gasteiger partial charge in [-0.05, 0) is 25.1 Å². The van der Waals surface area contributed by atoms with E-state index in [2.05, 4.69) is 0 Å². The van der Waals surface area contributed by atoms with Crippen molar-refractivity contribution in [2.75, 3.05) is 0 Å². The van der Waals surface area contributed by atoms with E-state index in [1.807, 2.05) is 36.4 Å². The van der Waals surface area contributed by atoms with Crippen LogP contribution in [0, 0.1) is 6.92 Å². The normalized spacial score (nSPS) is 11.1. The van der Waals surface area contributed by atoms with Crippen LogP contribution in [-0.4, -0.2) is 0 Å². The van der Waals surface area contributed by atoms with E-state index in [0.717, 1.165) is 16.4 Å². The average molecular weight is 210 g/mol. The number of furan rings is 1. The molecular formula is C14H10O2. The smallest absolute Gasteiger partial charge is 0.185 e. The highest BCUT2D eigenvalue weighted by molar-refractivity contribution is 6.05. The van der Waals surface area contributed by atoms with Gasteiger partial charge >= 0.3 is 0 Å². The van der Waals surface area contributed by atoms with Crippen LogP contribution in [0.3, 0.4) is 0 Å². The average Bonchev–Trinajstić information content (AvgIpc) is 2.47. The summed E-state index contributed by atoms with van der Waals surface area (Å²) in [6, 6.07) is 13.2. The van der Waals surface area contributed by atoms with Crippen LogP contribution in [0.1, 0.15) is 5.56 Å². The largest absolute Gasteiger partial charge is 0.456 e. The number of hydrogen-bond acceptors (Lipinski definition) is 2. The van der Waals surface area contributed by atoms with Crippen LogP contribution in [-0.2, 0) is 0 Å². The highest BCUT2D eigenvalue weighted by Crippen LogP contribution is 2.28. The number of hydrogen-bond donors (Lipinski definition) is 0. The first-order valence-electron chi connectivity index (χ1n) is 5.18. The van der Waals surface area contributed by atoms with Gasteiger partial charge in [-0.15, -0.1) is 0 Å². The predicted octanol–water partition coefficient (Wildman–Crippen LogP) is 3.25. The summed E-state index contributed by atoms with van der Waals surface area (Å²) in [5, 5.41) is 2.05. The minimum absolute atomic E-state index is 0.0240. The minimum atomic E-state index is 0.0240. The molecule has 0 aliphatic rings. The van der Waals surface area contributed by atoms with Crippen LogP contribution < -0.4 is 5.43 Å². The molecule has 0 bridgehead atoms. The van der Waals surface area contributed by atoms with Crippen LogP contribution in [0.2, 0.25) is 0 Å². The van der Waals surface area contributed by atoms with Crippen molar-refractivity contribution in [1.29, 1.82) is 0 Å². The summed E-state index contributed by atoms with van der Waals surface area (Å²) < 4.78 is 5.72. The Balaban J connectivity index is 2.64. The first-order valence-corrected chi connectivity index (χ1v) is 5.18. The second-order valence-corrected chi connectivity index (χ2v) is 3.86. The molecule has 1 heterocycles. The Hall–Kier alpha value is -2.09. The third kappa shape index (κ3) is 1.16. The number of fused-ring (bicyclic) bond motifs is 3. The van der Waals surface area contributed by atoms with Gasteiger partial charge in [-0.1, -0.05) is 24.3 Å². The van der Waals surface area contributed by atoms with Gasteiger partial charge in [0.25, 0.3) is 0 Å². The summed E-state index contributed by atoms with van der Waals surface area (Å²) in [4.78, 5) is 11.5. The van der Waals surface area contributed by atoms with Crippen LogP contribution in [0.5, 0.6) is 0 Å². The highest BCUT2D eigenvalue weighted by atomic mass is 16.3. The van der Waals surface area contributed by atoms with Gasteiger partial charge in [0.2, 0.25) is 0 Å². The molecule has 2 nitrogen and oxygen atoms in total. The second-order valence-electron chi connectivity index (χ2n) is 3.86. The molecule has 0 aliphatic carbocycles. The maximum absolute atomic E-state index is 11.5. The Morgan fingerprint density at radius 3 is 2.62 bits per heavy atom. The summed E-state index contributed by atoms with van der Waals surface area (Å²) in [7, 11) is 0. The summed E-state index contributed by atoms with van der Waals surface area (Å²) in [6.45, 7) is 1.80. The Morgan fingerprint density at radius 2 is 1.75 bits per heavy atom. The first kappa shape index (κ1) is 9.16. The SMILES string of the molecule is Cc1c(=O)ccc2c1oc1cccccc12. The molecule has 3 rings (SSSR count). The number of rotatable bonds is 0. The van der Waals surface area contributed by atoms with Crippen molar-refractivity contribution < 1.29 is 4.42 Å². The Morgan fingerprint density at radius 1 is 0.938 bits per heavy atom. The Labute approximate surface area is 92.1 Å². The third-order valence-electron chi connectivity index (χ3n) is 2.86. The van der Waals surface area contributed by atoms with Crippen molar-refractivity contribution in [3.05, 3.63) is 58.3 Å². The van der Waals surface area contributed by atoms with Gasteiger partial charge in [0.1, 0.15) is 11.2 Å². The standard InChI is InChI=1S/C14H10O2/c1-9-12(15)8-7-11-10-5-3-2-4-6-13(10)16-14(9)11/h2-8H,1H3. The van der Waals surface area contributed by atoms with E-state index < -0.39 is 0 Å². The molecule has 3 aromatic rings. The van der Waals surface area contributed by atoms with Gasteiger partial charge in [0.05, 0.1) is 0 Å². The van der Waals surface area contributed by atoms with Crippen molar-refractivity contribution in [3.63, 3.8) is 0 Å². The molecule has 2 aromatic carbocycles. The predicted molar refractivity (Wildman–Crippen MR) is 64.7 cm³/mol. The molecule has 0 amide bonds. The van der Waals surface area contributed by atoms with E-state index in [9.17, 15) is 4.79 Å². The molecule has 0 saturated carbocycles. The third-order valence-corrected chi connectivity index (χ3v) is 2.86. The van der Waals surface area contributed by atoms with Crippen LogP contribution >= 0.6 is 0 Å². The number of benzene rings is 1. The van der Waals surface area contributed by atoms with Gasteiger partial charge in [0, 0.05) is 16.3 Å². The maximum Gasteiger partial charge on any atom is 0.185 e. The zero-order valence-corrected chi connectivity index (χ0v) is 8.86. The summed E-state index contributed by atoms with van der Waals surface area (Å²) in [5.41, 5.74) is 2.22.